The van der Waals surface area contributed by atoms with Crippen molar-refractivity contribution in [1.29, 1.82) is 0 Å². The van der Waals surface area contributed by atoms with Crippen LogP contribution in [-0.2, 0) is 0 Å². The van der Waals surface area contributed by atoms with Crippen molar-refractivity contribution < 1.29 is 0 Å². The fourth-order valence-corrected chi connectivity index (χ4v) is 2.68. The molecule has 2 heterocycles. The van der Waals surface area contributed by atoms with Crippen LogP contribution in [0.15, 0.2) is 54.3 Å². The minimum Gasteiger partial charge on any atom is -0.377 e. The van der Waals surface area contributed by atoms with Gasteiger partial charge in [-0.25, -0.2) is 0 Å². The summed E-state index contributed by atoms with van der Waals surface area (Å²) in [6.45, 7) is 3.41. The second kappa shape index (κ2) is 6.00. The average Bonchev–Trinajstić information content (AvgIpc) is 3.01. The molecule has 20 heavy (non-hydrogen) atoms. The van der Waals surface area contributed by atoms with Gasteiger partial charge in [-0.05, 0) is 48.4 Å². The SMILES string of the molecule is CN1C=CC(C=Cc2ccc(N3CCCC3)cc2)=CC1. The summed E-state index contributed by atoms with van der Waals surface area (Å²) in [6.07, 6.45) is 13.6. The molecule has 1 fully saturated rings. The Kier molecular flexibility index (Phi) is 3.91. The fourth-order valence-electron chi connectivity index (χ4n) is 2.68. The Morgan fingerprint density at radius 3 is 2.40 bits per heavy atom. The highest BCUT2D eigenvalue weighted by molar-refractivity contribution is 5.59. The number of rotatable bonds is 3. The van der Waals surface area contributed by atoms with Crippen molar-refractivity contribution >= 4 is 11.8 Å². The molecule has 104 valence electrons. The summed E-state index contributed by atoms with van der Waals surface area (Å²) in [5.74, 6) is 0. The first kappa shape index (κ1) is 13.0. The van der Waals surface area contributed by atoms with Gasteiger partial charge in [0.25, 0.3) is 0 Å². The molecule has 0 atom stereocenters. The molecule has 1 aromatic carbocycles. The Bertz CT molecular complexity index is 531. The maximum Gasteiger partial charge on any atom is 0.0366 e. The average molecular weight is 266 g/mol. The molecule has 0 spiro atoms. The molecule has 1 saturated heterocycles. The van der Waals surface area contributed by atoms with Crippen molar-refractivity contribution in [3.05, 3.63) is 59.8 Å². The van der Waals surface area contributed by atoms with E-state index in [1.165, 1.54) is 42.8 Å². The van der Waals surface area contributed by atoms with Gasteiger partial charge in [0.05, 0.1) is 0 Å². The van der Waals surface area contributed by atoms with Crippen LogP contribution in [0.5, 0.6) is 0 Å². The van der Waals surface area contributed by atoms with Crippen LogP contribution in [0.2, 0.25) is 0 Å². The minimum atomic E-state index is 0.990. The van der Waals surface area contributed by atoms with Crippen LogP contribution in [0, 0.1) is 0 Å². The molecule has 2 aliphatic rings. The highest BCUT2D eigenvalue weighted by atomic mass is 15.1. The van der Waals surface area contributed by atoms with E-state index in [4.69, 9.17) is 0 Å². The number of nitrogens with zero attached hydrogens (tertiary/aromatic N) is 2. The summed E-state index contributed by atoms with van der Waals surface area (Å²) in [5, 5.41) is 0. The number of likely N-dealkylation sites (N-methyl/N-ethyl adjacent to an activating group) is 1. The predicted molar refractivity (Wildman–Crippen MR) is 86.8 cm³/mol. The molecule has 0 aromatic heterocycles. The van der Waals surface area contributed by atoms with Crippen LogP contribution in [-0.4, -0.2) is 31.6 Å². The Morgan fingerprint density at radius 1 is 1.00 bits per heavy atom. The van der Waals surface area contributed by atoms with E-state index in [0.29, 0.717) is 0 Å². The molecule has 0 aliphatic carbocycles. The van der Waals surface area contributed by atoms with Gasteiger partial charge in [-0.1, -0.05) is 30.4 Å². The van der Waals surface area contributed by atoms with Crippen LogP contribution >= 0.6 is 0 Å². The van der Waals surface area contributed by atoms with Gasteiger partial charge in [-0.15, -0.1) is 0 Å². The van der Waals surface area contributed by atoms with Gasteiger partial charge < -0.3 is 9.80 Å². The Labute approximate surface area is 121 Å². The molecule has 3 rings (SSSR count). The lowest BCUT2D eigenvalue weighted by atomic mass is 10.1. The van der Waals surface area contributed by atoms with Gasteiger partial charge in [-0.3, -0.25) is 0 Å². The first-order chi connectivity index (χ1) is 9.81. The van der Waals surface area contributed by atoms with Crippen LogP contribution in [0.1, 0.15) is 18.4 Å². The third-order valence-electron chi connectivity index (χ3n) is 3.97. The summed E-state index contributed by atoms with van der Waals surface area (Å²) >= 11 is 0. The molecule has 2 aliphatic heterocycles. The molecular weight excluding hydrogens is 244 g/mol. The van der Waals surface area contributed by atoms with Crippen molar-refractivity contribution in [3.63, 3.8) is 0 Å². The number of hydrogen-bond acceptors (Lipinski definition) is 2. The molecule has 2 nitrogen and oxygen atoms in total. The van der Waals surface area contributed by atoms with Gasteiger partial charge in [0, 0.05) is 32.4 Å². The topological polar surface area (TPSA) is 6.48 Å². The summed E-state index contributed by atoms with van der Waals surface area (Å²) in [4.78, 5) is 4.64. The highest BCUT2D eigenvalue weighted by Gasteiger charge is 2.11. The minimum absolute atomic E-state index is 0.990. The maximum atomic E-state index is 2.47. The summed E-state index contributed by atoms with van der Waals surface area (Å²) in [5.41, 5.74) is 3.91. The number of allylic oxidation sites excluding steroid dienone is 3. The number of anilines is 1. The van der Waals surface area contributed by atoms with Gasteiger partial charge >= 0.3 is 0 Å². The number of hydrogen-bond donors (Lipinski definition) is 0. The largest absolute Gasteiger partial charge is 0.377 e. The molecule has 0 bridgehead atoms. The molecule has 0 N–H and O–H groups in total. The first-order valence-corrected chi connectivity index (χ1v) is 7.43. The van der Waals surface area contributed by atoms with Crippen LogP contribution in [0.3, 0.4) is 0 Å². The van der Waals surface area contributed by atoms with E-state index in [2.05, 4.69) is 71.6 Å². The lowest BCUT2D eigenvalue weighted by Gasteiger charge is -2.17. The van der Waals surface area contributed by atoms with Crippen molar-refractivity contribution in [3.8, 4) is 0 Å². The smallest absolute Gasteiger partial charge is 0.0366 e. The highest BCUT2D eigenvalue weighted by Crippen LogP contribution is 2.21. The molecule has 0 amide bonds. The molecule has 2 heteroatoms. The summed E-state index contributed by atoms with van der Waals surface area (Å²) in [7, 11) is 2.09. The summed E-state index contributed by atoms with van der Waals surface area (Å²) in [6, 6.07) is 8.90. The fraction of sp³-hybridized carbons (Fsp3) is 0.333. The van der Waals surface area contributed by atoms with E-state index in [1.54, 1.807) is 0 Å². The van der Waals surface area contributed by atoms with Crippen molar-refractivity contribution in [2.24, 2.45) is 0 Å². The van der Waals surface area contributed by atoms with Crippen LogP contribution in [0.25, 0.3) is 6.08 Å². The maximum absolute atomic E-state index is 2.47. The first-order valence-electron chi connectivity index (χ1n) is 7.43. The van der Waals surface area contributed by atoms with Gasteiger partial charge in [0.1, 0.15) is 0 Å². The van der Waals surface area contributed by atoms with Crippen molar-refractivity contribution in [2.45, 2.75) is 12.8 Å². The van der Waals surface area contributed by atoms with E-state index in [9.17, 15) is 0 Å². The second-order valence-corrected chi connectivity index (χ2v) is 5.58. The lowest BCUT2D eigenvalue weighted by Crippen LogP contribution is -2.17. The number of benzene rings is 1. The molecular formula is C18H22N2. The van der Waals surface area contributed by atoms with E-state index in [-0.39, 0.29) is 0 Å². The normalized spacial score (nSPS) is 18.9. The van der Waals surface area contributed by atoms with Crippen molar-refractivity contribution in [1.82, 2.24) is 4.90 Å². The van der Waals surface area contributed by atoms with Gasteiger partial charge in [-0.2, -0.15) is 0 Å². The Balaban J connectivity index is 1.64. The summed E-state index contributed by atoms with van der Waals surface area (Å²) < 4.78 is 0. The van der Waals surface area contributed by atoms with Crippen molar-refractivity contribution in [2.75, 3.05) is 31.6 Å². The van der Waals surface area contributed by atoms with Gasteiger partial charge in [0.15, 0.2) is 0 Å². The molecule has 0 radical (unpaired) electrons. The Hall–Kier alpha value is -1.96. The molecule has 0 unspecified atom stereocenters. The van der Waals surface area contributed by atoms with Crippen LogP contribution in [0.4, 0.5) is 5.69 Å². The predicted octanol–water partition coefficient (Wildman–Crippen LogP) is 3.69. The standard InChI is InChI=1S/C18H22N2/c1-19-14-10-17(11-15-19)5-4-16-6-8-18(9-7-16)20-12-2-3-13-20/h4-11,14H,2-3,12-13,15H2,1H3. The monoisotopic (exact) mass is 266 g/mol. The quantitative estimate of drug-likeness (QED) is 0.823. The lowest BCUT2D eigenvalue weighted by molar-refractivity contribution is 0.503. The van der Waals surface area contributed by atoms with E-state index in [1.807, 2.05) is 0 Å². The second-order valence-electron chi connectivity index (χ2n) is 5.58. The Morgan fingerprint density at radius 2 is 1.75 bits per heavy atom. The zero-order valence-electron chi connectivity index (χ0n) is 12.1. The zero-order chi connectivity index (χ0) is 13.8. The third kappa shape index (κ3) is 3.13. The zero-order valence-corrected chi connectivity index (χ0v) is 12.1. The molecule has 1 aromatic rings. The van der Waals surface area contributed by atoms with E-state index in [0.717, 1.165) is 6.54 Å². The van der Waals surface area contributed by atoms with E-state index < -0.39 is 0 Å². The van der Waals surface area contributed by atoms with Gasteiger partial charge in [0.2, 0.25) is 0 Å². The molecule has 0 saturated carbocycles. The van der Waals surface area contributed by atoms with Crippen LogP contribution < -0.4 is 4.90 Å². The third-order valence-corrected chi connectivity index (χ3v) is 3.97. The van der Waals surface area contributed by atoms with E-state index >= 15 is 0 Å².